The van der Waals surface area contributed by atoms with Crippen LogP contribution in [0.25, 0.3) is 0 Å². The Hall–Kier alpha value is 0.207. The third-order valence-corrected chi connectivity index (χ3v) is 7.28. The van der Waals surface area contributed by atoms with Crippen LogP contribution in [0.2, 0.25) is 18.1 Å². The summed E-state index contributed by atoms with van der Waals surface area (Å²) in [6.07, 6.45) is 3.92. The summed E-state index contributed by atoms with van der Waals surface area (Å²) in [4.78, 5) is 0. The fourth-order valence-corrected chi connectivity index (χ4v) is 1.68. The summed E-state index contributed by atoms with van der Waals surface area (Å²) in [7, 11) is -1.55. The van der Waals surface area contributed by atoms with Crippen molar-refractivity contribution in [2.75, 3.05) is 12.5 Å². The summed E-state index contributed by atoms with van der Waals surface area (Å²) in [5, 5.41) is 0.293. The maximum absolute atomic E-state index is 5.89. The molecule has 0 saturated heterocycles. The molecule has 0 aromatic carbocycles. The standard InChI is InChI=1S/C10H21ClOSi/c1-10(2,3)13(4,5)12-9-7-6-8-11/h6-7H,8-9H2,1-5H3. The number of alkyl halides is 1. The zero-order valence-corrected chi connectivity index (χ0v) is 11.1. The van der Waals surface area contributed by atoms with E-state index in [1.165, 1.54) is 0 Å². The Balaban J connectivity index is 3.97. The highest BCUT2D eigenvalue weighted by atomic mass is 35.5. The first-order valence-electron chi connectivity index (χ1n) is 4.66. The lowest BCUT2D eigenvalue weighted by Gasteiger charge is -2.35. The Morgan fingerprint density at radius 3 is 2.15 bits per heavy atom. The summed E-state index contributed by atoms with van der Waals surface area (Å²) in [5.74, 6) is 0.570. The van der Waals surface area contributed by atoms with Crippen LogP contribution in [0.15, 0.2) is 12.2 Å². The van der Waals surface area contributed by atoms with E-state index < -0.39 is 8.32 Å². The van der Waals surface area contributed by atoms with Crippen molar-refractivity contribution in [2.45, 2.75) is 38.9 Å². The summed E-state index contributed by atoms with van der Waals surface area (Å²) < 4.78 is 5.89. The van der Waals surface area contributed by atoms with Crippen molar-refractivity contribution in [3.05, 3.63) is 12.2 Å². The SMILES string of the molecule is CC(C)(C)[Si](C)(C)OCC=CCCl. The van der Waals surface area contributed by atoms with Gasteiger partial charge in [-0.05, 0) is 18.1 Å². The molecule has 0 bridgehead atoms. The maximum Gasteiger partial charge on any atom is 0.192 e. The summed E-state index contributed by atoms with van der Waals surface area (Å²) in [6.45, 7) is 11.9. The molecule has 0 aliphatic carbocycles. The van der Waals surface area contributed by atoms with E-state index in [1.54, 1.807) is 0 Å². The highest BCUT2D eigenvalue weighted by molar-refractivity contribution is 6.74. The van der Waals surface area contributed by atoms with Crippen LogP contribution in [0.4, 0.5) is 0 Å². The van der Waals surface area contributed by atoms with E-state index in [-0.39, 0.29) is 0 Å². The molecule has 13 heavy (non-hydrogen) atoms. The van der Waals surface area contributed by atoms with E-state index >= 15 is 0 Å². The normalized spacial score (nSPS) is 14.0. The molecule has 3 heteroatoms. The van der Waals surface area contributed by atoms with E-state index in [0.717, 1.165) is 0 Å². The molecule has 0 radical (unpaired) electrons. The lowest BCUT2D eigenvalue weighted by Crippen LogP contribution is -2.40. The average Bonchev–Trinajstić information content (AvgIpc) is 1.96. The van der Waals surface area contributed by atoms with Gasteiger partial charge in [0.25, 0.3) is 0 Å². The molecule has 0 atom stereocenters. The maximum atomic E-state index is 5.89. The number of allylic oxidation sites excluding steroid dienone is 1. The van der Waals surface area contributed by atoms with Gasteiger partial charge in [-0.3, -0.25) is 0 Å². The molecule has 0 N–H and O–H groups in total. The predicted molar refractivity (Wildman–Crippen MR) is 63.0 cm³/mol. The number of rotatable bonds is 4. The van der Waals surface area contributed by atoms with Gasteiger partial charge in [0.2, 0.25) is 0 Å². The average molecular weight is 221 g/mol. The van der Waals surface area contributed by atoms with Gasteiger partial charge in [0.1, 0.15) is 0 Å². The first-order chi connectivity index (χ1) is 5.81. The molecule has 0 aromatic rings. The highest BCUT2D eigenvalue weighted by Gasteiger charge is 2.36. The van der Waals surface area contributed by atoms with Gasteiger partial charge in [-0.1, -0.05) is 32.9 Å². The van der Waals surface area contributed by atoms with Gasteiger partial charge < -0.3 is 4.43 Å². The Labute approximate surface area is 88.3 Å². The van der Waals surface area contributed by atoms with Gasteiger partial charge in [-0.2, -0.15) is 0 Å². The van der Waals surface area contributed by atoms with Crippen molar-refractivity contribution in [1.29, 1.82) is 0 Å². The van der Waals surface area contributed by atoms with Crippen LogP contribution in [0.3, 0.4) is 0 Å². The predicted octanol–water partition coefficient (Wildman–Crippen LogP) is 3.80. The van der Waals surface area contributed by atoms with E-state index in [9.17, 15) is 0 Å². The molecule has 0 spiro atoms. The van der Waals surface area contributed by atoms with Crippen molar-refractivity contribution in [1.82, 2.24) is 0 Å². The Kier molecular flexibility index (Phi) is 5.26. The zero-order chi connectivity index (χ0) is 10.5. The lowest BCUT2D eigenvalue weighted by molar-refractivity contribution is 0.328. The van der Waals surface area contributed by atoms with Crippen LogP contribution in [-0.2, 0) is 4.43 Å². The number of halogens is 1. The minimum absolute atomic E-state index is 0.293. The Morgan fingerprint density at radius 2 is 1.77 bits per heavy atom. The molecule has 0 aromatic heterocycles. The van der Waals surface area contributed by atoms with E-state index in [4.69, 9.17) is 16.0 Å². The van der Waals surface area contributed by atoms with Crippen molar-refractivity contribution < 1.29 is 4.43 Å². The minimum atomic E-state index is -1.55. The Morgan fingerprint density at radius 1 is 1.23 bits per heavy atom. The van der Waals surface area contributed by atoms with Crippen LogP contribution in [-0.4, -0.2) is 20.8 Å². The molecule has 1 nitrogen and oxygen atoms in total. The zero-order valence-electron chi connectivity index (χ0n) is 9.36. The second kappa shape index (κ2) is 5.18. The van der Waals surface area contributed by atoms with Gasteiger partial charge in [-0.25, -0.2) is 0 Å². The molecule has 0 aliphatic rings. The largest absolute Gasteiger partial charge is 0.413 e. The molecule has 0 heterocycles. The molecule has 78 valence electrons. The first kappa shape index (κ1) is 13.2. The third kappa shape index (κ3) is 4.84. The third-order valence-electron chi connectivity index (χ3n) is 2.60. The molecular formula is C10H21ClOSi. The van der Waals surface area contributed by atoms with Crippen molar-refractivity contribution in [3.8, 4) is 0 Å². The van der Waals surface area contributed by atoms with Gasteiger partial charge in [-0.15, -0.1) is 11.6 Å². The van der Waals surface area contributed by atoms with Gasteiger partial charge in [0.15, 0.2) is 8.32 Å². The number of hydrogen-bond donors (Lipinski definition) is 0. The molecule has 0 unspecified atom stereocenters. The van der Waals surface area contributed by atoms with E-state index in [1.807, 2.05) is 12.2 Å². The van der Waals surface area contributed by atoms with Gasteiger partial charge >= 0.3 is 0 Å². The molecule has 0 rings (SSSR count). The monoisotopic (exact) mass is 220 g/mol. The lowest BCUT2D eigenvalue weighted by atomic mass is 10.2. The minimum Gasteiger partial charge on any atom is -0.413 e. The van der Waals surface area contributed by atoms with Crippen LogP contribution in [0.1, 0.15) is 20.8 Å². The molecule has 0 fully saturated rings. The van der Waals surface area contributed by atoms with Crippen molar-refractivity contribution in [3.63, 3.8) is 0 Å². The number of hydrogen-bond acceptors (Lipinski definition) is 1. The highest BCUT2D eigenvalue weighted by Crippen LogP contribution is 2.36. The second-order valence-corrected chi connectivity index (χ2v) is 9.81. The van der Waals surface area contributed by atoms with Gasteiger partial charge in [0.05, 0.1) is 6.61 Å². The van der Waals surface area contributed by atoms with Crippen LogP contribution in [0.5, 0.6) is 0 Å². The fraction of sp³-hybridized carbons (Fsp3) is 0.800. The van der Waals surface area contributed by atoms with E-state index in [0.29, 0.717) is 17.5 Å². The van der Waals surface area contributed by atoms with Gasteiger partial charge in [0, 0.05) is 5.88 Å². The van der Waals surface area contributed by atoms with E-state index in [2.05, 4.69) is 33.9 Å². The molecular weight excluding hydrogens is 200 g/mol. The van der Waals surface area contributed by atoms with Crippen molar-refractivity contribution >= 4 is 19.9 Å². The summed E-state index contributed by atoms with van der Waals surface area (Å²) in [6, 6.07) is 0. The smallest absolute Gasteiger partial charge is 0.192 e. The second-order valence-electron chi connectivity index (χ2n) is 4.70. The van der Waals surface area contributed by atoms with Crippen molar-refractivity contribution in [2.24, 2.45) is 0 Å². The summed E-state index contributed by atoms with van der Waals surface area (Å²) in [5.41, 5.74) is 0. The first-order valence-corrected chi connectivity index (χ1v) is 8.10. The van der Waals surface area contributed by atoms with Crippen LogP contribution in [0, 0.1) is 0 Å². The topological polar surface area (TPSA) is 9.23 Å². The quantitative estimate of drug-likeness (QED) is 0.398. The van der Waals surface area contributed by atoms with Crippen LogP contribution < -0.4 is 0 Å². The molecule has 0 saturated carbocycles. The summed E-state index contributed by atoms with van der Waals surface area (Å²) >= 11 is 5.51. The Bertz CT molecular complexity index is 170. The van der Waals surface area contributed by atoms with Crippen LogP contribution >= 0.6 is 11.6 Å². The fourth-order valence-electron chi connectivity index (χ4n) is 0.604. The molecule has 0 amide bonds. The molecule has 0 aliphatic heterocycles.